The molecule has 1 fully saturated rings. The van der Waals surface area contributed by atoms with Crippen molar-refractivity contribution in [3.63, 3.8) is 0 Å². The van der Waals surface area contributed by atoms with E-state index in [1.54, 1.807) is 11.0 Å². The van der Waals surface area contributed by atoms with Crippen molar-refractivity contribution < 1.29 is 19.1 Å². The monoisotopic (exact) mass is 386 g/mol. The highest BCUT2D eigenvalue weighted by Crippen LogP contribution is 2.34. The molecule has 0 radical (unpaired) electrons. The third kappa shape index (κ3) is 4.55. The predicted octanol–water partition coefficient (Wildman–Crippen LogP) is 3.72. The molecule has 0 spiro atoms. The molecular weight excluding hydrogens is 356 g/mol. The standard InChI is InChI=1S/C22H30N2O4/c1-21(2,3)28-20(26)24-19(15-27-22(24,4)5)18-13-17(25)11-12-23(18)14-16-9-7-6-8-10-16/h6-12,18-19H,13-15H2,1-5H3/t18-,19-/m1/s1. The highest BCUT2D eigenvalue weighted by atomic mass is 16.6. The number of hydrogen-bond donors (Lipinski definition) is 0. The second-order valence-electron chi connectivity index (χ2n) is 8.89. The maximum absolute atomic E-state index is 13.0. The first-order valence-corrected chi connectivity index (χ1v) is 9.74. The Morgan fingerprint density at radius 3 is 2.54 bits per heavy atom. The number of carbonyl (C=O) groups excluding carboxylic acids is 2. The summed E-state index contributed by atoms with van der Waals surface area (Å²) in [7, 11) is 0. The minimum absolute atomic E-state index is 0.0585. The fraction of sp³-hybridized carbons (Fsp3) is 0.545. The first-order chi connectivity index (χ1) is 13.1. The molecule has 2 heterocycles. The van der Waals surface area contributed by atoms with E-state index in [2.05, 4.69) is 17.0 Å². The predicted molar refractivity (Wildman–Crippen MR) is 106 cm³/mol. The van der Waals surface area contributed by atoms with Gasteiger partial charge in [-0.3, -0.25) is 9.69 Å². The molecule has 1 saturated heterocycles. The number of benzene rings is 1. The second-order valence-corrected chi connectivity index (χ2v) is 8.89. The number of ketones is 1. The lowest BCUT2D eigenvalue weighted by Gasteiger charge is -2.42. The van der Waals surface area contributed by atoms with Gasteiger partial charge in [-0.05, 0) is 46.3 Å². The van der Waals surface area contributed by atoms with Gasteiger partial charge in [0.1, 0.15) is 11.3 Å². The summed E-state index contributed by atoms with van der Waals surface area (Å²) in [5.74, 6) is 0.0585. The molecule has 152 valence electrons. The van der Waals surface area contributed by atoms with E-state index in [4.69, 9.17) is 9.47 Å². The number of ether oxygens (including phenoxy) is 2. The van der Waals surface area contributed by atoms with Gasteiger partial charge >= 0.3 is 6.09 Å². The average Bonchev–Trinajstić information content (AvgIpc) is 2.91. The zero-order valence-corrected chi connectivity index (χ0v) is 17.3. The van der Waals surface area contributed by atoms with Crippen LogP contribution in [0.1, 0.15) is 46.6 Å². The molecule has 2 aliphatic rings. The van der Waals surface area contributed by atoms with Gasteiger partial charge in [0, 0.05) is 19.2 Å². The van der Waals surface area contributed by atoms with Crippen LogP contribution in [0, 0.1) is 0 Å². The molecule has 2 atom stereocenters. The zero-order valence-electron chi connectivity index (χ0n) is 17.3. The van der Waals surface area contributed by atoms with E-state index in [1.807, 2.05) is 59.0 Å². The Hall–Kier alpha value is -2.34. The number of carbonyl (C=O) groups is 2. The maximum atomic E-state index is 13.0. The molecule has 0 aliphatic carbocycles. The number of allylic oxidation sites excluding steroid dienone is 1. The third-order valence-corrected chi connectivity index (χ3v) is 5.05. The van der Waals surface area contributed by atoms with E-state index >= 15 is 0 Å². The van der Waals surface area contributed by atoms with Crippen LogP contribution in [0.2, 0.25) is 0 Å². The van der Waals surface area contributed by atoms with Gasteiger partial charge in [0.2, 0.25) is 0 Å². The Bertz CT molecular complexity index is 752. The summed E-state index contributed by atoms with van der Waals surface area (Å²) >= 11 is 0. The van der Waals surface area contributed by atoms with Gasteiger partial charge in [-0.2, -0.15) is 0 Å². The minimum atomic E-state index is -0.796. The largest absolute Gasteiger partial charge is 0.444 e. The molecule has 2 aliphatic heterocycles. The summed E-state index contributed by atoms with van der Waals surface area (Å²) in [5.41, 5.74) is -0.254. The van der Waals surface area contributed by atoms with Gasteiger partial charge in [-0.25, -0.2) is 4.79 Å². The van der Waals surface area contributed by atoms with E-state index in [1.165, 1.54) is 0 Å². The molecule has 0 unspecified atom stereocenters. The van der Waals surface area contributed by atoms with Crippen molar-refractivity contribution in [3.8, 4) is 0 Å². The van der Waals surface area contributed by atoms with Gasteiger partial charge in [-0.15, -0.1) is 0 Å². The lowest BCUT2D eigenvalue weighted by Crippen LogP contribution is -2.57. The molecule has 28 heavy (non-hydrogen) atoms. The molecule has 0 aromatic heterocycles. The topological polar surface area (TPSA) is 59.1 Å². The fourth-order valence-corrected chi connectivity index (χ4v) is 3.78. The van der Waals surface area contributed by atoms with Crippen molar-refractivity contribution in [2.24, 2.45) is 0 Å². The zero-order chi connectivity index (χ0) is 20.5. The normalized spacial score (nSPS) is 24.5. The van der Waals surface area contributed by atoms with E-state index in [0.29, 0.717) is 19.6 Å². The smallest absolute Gasteiger partial charge is 0.412 e. The van der Waals surface area contributed by atoms with Crippen molar-refractivity contribution in [1.82, 2.24) is 9.80 Å². The van der Waals surface area contributed by atoms with Gasteiger partial charge < -0.3 is 14.4 Å². The van der Waals surface area contributed by atoms with Crippen LogP contribution in [-0.4, -0.2) is 51.7 Å². The van der Waals surface area contributed by atoms with E-state index < -0.39 is 17.4 Å². The number of nitrogens with zero attached hydrogens (tertiary/aromatic N) is 2. The molecule has 3 rings (SSSR count). The summed E-state index contributed by atoms with van der Waals surface area (Å²) in [6, 6.07) is 9.64. The minimum Gasteiger partial charge on any atom is -0.444 e. The van der Waals surface area contributed by atoms with Crippen LogP contribution in [0.4, 0.5) is 4.79 Å². The third-order valence-electron chi connectivity index (χ3n) is 5.05. The van der Waals surface area contributed by atoms with E-state index in [9.17, 15) is 9.59 Å². The van der Waals surface area contributed by atoms with Gasteiger partial charge in [-0.1, -0.05) is 30.3 Å². The SMILES string of the molecule is CC(C)(C)OC(=O)N1[C@@H]([C@H]2CC(=O)C=CN2Cc2ccccc2)COC1(C)C. The van der Waals surface area contributed by atoms with Crippen LogP contribution in [0.15, 0.2) is 42.6 Å². The summed E-state index contributed by atoms with van der Waals surface area (Å²) in [6.07, 6.45) is 3.37. The second kappa shape index (κ2) is 7.59. The van der Waals surface area contributed by atoms with Crippen LogP contribution < -0.4 is 0 Å². The Morgan fingerprint density at radius 2 is 1.89 bits per heavy atom. The lowest BCUT2D eigenvalue weighted by atomic mass is 9.96. The van der Waals surface area contributed by atoms with Crippen molar-refractivity contribution in [3.05, 3.63) is 48.2 Å². The molecule has 1 aromatic carbocycles. The molecule has 6 nitrogen and oxygen atoms in total. The number of amides is 1. The molecule has 0 saturated carbocycles. The average molecular weight is 386 g/mol. The quantitative estimate of drug-likeness (QED) is 0.792. The van der Waals surface area contributed by atoms with Gasteiger partial charge in [0.25, 0.3) is 0 Å². The molecule has 0 N–H and O–H groups in total. The van der Waals surface area contributed by atoms with Crippen LogP contribution in [0.25, 0.3) is 0 Å². The van der Waals surface area contributed by atoms with Crippen LogP contribution in [-0.2, 0) is 20.8 Å². The molecule has 1 amide bonds. The fourth-order valence-electron chi connectivity index (χ4n) is 3.78. The highest BCUT2D eigenvalue weighted by Gasteiger charge is 2.50. The van der Waals surface area contributed by atoms with Gasteiger partial charge in [0.15, 0.2) is 5.78 Å². The van der Waals surface area contributed by atoms with Crippen LogP contribution in [0.5, 0.6) is 0 Å². The molecule has 6 heteroatoms. The van der Waals surface area contributed by atoms with E-state index in [-0.39, 0.29) is 17.9 Å². The van der Waals surface area contributed by atoms with Crippen molar-refractivity contribution >= 4 is 11.9 Å². The first-order valence-electron chi connectivity index (χ1n) is 9.74. The van der Waals surface area contributed by atoms with E-state index in [0.717, 1.165) is 5.56 Å². The summed E-state index contributed by atoms with van der Waals surface area (Å²) in [6.45, 7) is 10.3. The molecular formula is C22H30N2O4. The van der Waals surface area contributed by atoms with Crippen LogP contribution >= 0.6 is 0 Å². The van der Waals surface area contributed by atoms with Crippen molar-refractivity contribution in [2.45, 2.75) is 71.0 Å². The Balaban J connectivity index is 1.87. The molecule has 1 aromatic rings. The Labute approximate surface area is 167 Å². The Kier molecular flexibility index (Phi) is 5.53. The first kappa shape index (κ1) is 20.4. The lowest BCUT2D eigenvalue weighted by molar-refractivity contribution is -0.117. The van der Waals surface area contributed by atoms with Gasteiger partial charge in [0.05, 0.1) is 18.7 Å². The summed E-state index contributed by atoms with van der Waals surface area (Å²) < 4.78 is 11.6. The Morgan fingerprint density at radius 1 is 1.21 bits per heavy atom. The molecule has 0 bridgehead atoms. The van der Waals surface area contributed by atoms with Crippen LogP contribution in [0.3, 0.4) is 0 Å². The maximum Gasteiger partial charge on any atom is 0.412 e. The number of hydrogen-bond acceptors (Lipinski definition) is 5. The van der Waals surface area contributed by atoms with Crippen molar-refractivity contribution in [1.29, 1.82) is 0 Å². The number of rotatable bonds is 3. The highest BCUT2D eigenvalue weighted by molar-refractivity contribution is 5.91. The van der Waals surface area contributed by atoms with Crippen molar-refractivity contribution in [2.75, 3.05) is 6.61 Å². The summed E-state index contributed by atoms with van der Waals surface area (Å²) in [4.78, 5) is 29.0. The summed E-state index contributed by atoms with van der Waals surface area (Å²) in [5, 5.41) is 0.